The number of hydrogen-bond acceptors (Lipinski definition) is 6. The minimum absolute atomic E-state index is 0.0423. The van der Waals surface area contributed by atoms with Crippen LogP contribution in [-0.4, -0.2) is 30.7 Å². The minimum Gasteiger partial charge on any atom is -0.504 e. The number of hydrogen-bond donors (Lipinski definition) is 2. The standard InChI is InChI=1S/C20H18N2O5/c1-3-27-20(25)14-5-7-16(8-6-14)22-19(24)15(12-21)10-13-4-9-17(23)18(11-13)26-2/h4-11,23H,3H2,1-2H3,(H,22,24)/b15-10-. The number of nitriles is 1. The van der Waals surface area contributed by atoms with Crippen LogP contribution in [0.5, 0.6) is 11.5 Å². The van der Waals surface area contributed by atoms with Crippen LogP contribution in [0.4, 0.5) is 5.69 Å². The van der Waals surface area contributed by atoms with Gasteiger partial charge in [0.05, 0.1) is 19.3 Å². The summed E-state index contributed by atoms with van der Waals surface area (Å²) in [4.78, 5) is 23.9. The summed E-state index contributed by atoms with van der Waals surface area (Å²) in [5, 5.41) is 21.5. The van der Waals surface area contributed by atoms with Crippen molar-refractivity contribution >= 4 is 23.6 Å². The normalized spacial score (nSPS) is 10.6. The number of carbonyl (C=O) groups excluding carboxylic acids is 2. The summed E-state index contributed by atoms with van der Waals surface area (Å²) in [6.07, 6.45) is 1.38. The average Bonchev–Trinajstić information content (AvgIpc) is 2.67. The molecule has 0 saturated heterocycles. The highest BCUT2D eigenvalue weighted by atomic mass is 16.5. The van der Waals surface area contributed by atoms with Crippen molar-refractivity contribution in [3.63, 3.8) is 0 Å². The molecule has 0 spiro atoms. The molecule has 0 aliphatic carbocycles. The summed E-state index contributed by atoms with van der Waals surface area (Å²) in [5.74, 6) is -0.863. The lowest BCUT2D eigenvalue weighted by Gasteiger charge is -2.07. The van der Waals surface area contributed by atoms with Crippen molar-refractivity contribution < 1.29 is 24.2 Å². The zero-order chi connectivity index (χ0) is 19.8. The molecular weight excluding hydrogens is 348 g/mol. The van der Waals surface area contributed by atoms with Crippen LogP contribution in [0.1, 0.15) is 22.8 Å². The summed E-state index contributed by atoms with van der Waals surface area (Å²) in [6, 6.07) is 12.4. The fourth-order valence-electron chi connectivity index (χ4n) is 2.20. The van der Waals surface area contributed by atoms with Crippen molar-refractivity contribution in [3.05, 3.63) is 59.2 Å². The number of esters is 1. The monoisotopic (exact) mass is 366 g/mol. The van der Waals surface area contributed by atoms with E-state index in [9.17, 15) is 20.0 Å². The second-order valence-electron chi connectivity index (χ2n) is 5.35. The van der Waals surface area contributed by atoms with Gasteiger partial charge in [0.1, 0.15) is 11.6 Å². The summed E-state index contributed by atoms with van der Waals surface area (Å²) >= 11 is 0. The number of aromatic hydroxyl groups is 1. The first kappa shape index (κ1) is 19.5. The van der Waals surface area contributed by atoms with Crippen molar-refractivity contribution in [2.24, 2.45) is 0 Å². The van der Waals surface area contributed by atoms with Gasteiger partial charge in [0.2, 0.25) is 0 Å². The number of anilines is 1. The van der Waals surface area contributed by atoms with Gasteiger partial charge in [0.25, 0.3) is 5.91 Å². The van der Waals surface area contributed by atoms with Crippen LogP contribution in [0.15, 0.2) is 48.0 Å². The van der Waals surface area contributed by atoms with Gasteiger partial charge in [0.15, 0.2) is 11.5 Å². The van der Waals surface area contributed by atoms with E-state index in [2.05, 4.69) is 5.32 Å². The zero-order valence-electron chi connectivity index (χ0n) is 14.9. The number of ether oxygens (including phenoxy) is 2. The van der Waals surface area contributed by atoms with Gasteiger partial charge in [-0.1, -0.05) is 6.07 Å². The van der Waals surface area contributed by atoms with Crippen molar-refractivity contribution in [2.75, 3.05) is 19.0 Å². The Morgan fingerprint density at radius 1 is 1.22 bits per heavy atom. The maximum Gasteiger partial charge on any atom is 0.338 e. The van der Waals surface area contributed by atoms with E-state index >= 15 is 0 Å². The Hall–Kier alpha value is -3.79. The molecule has 7 heteroatoms. The smallest absolute Gasteiger partial charge is 0.338 e. The Bertz CT molecular complexity index is 911. The molecule has 1 amide bonds. The first-order valence-corrected chi connectivity index (χ1v) is 8.05. The average molecular weight is 366 g/mol. The number of carbonyl (C=O) groups is 2. The Balaban J connectivity index is 2.15. The topological polar surface area (TPSA) is 109 Å². The highest BCUT2D eigenvalue weighted by molar-refractivity contribution is 6.09. The summed E-state index contributed by atoms with van der Waals surface area (Å²) in [5.41, 5.74) is 1.19. The van der Waals surface area contributed by atoms with Gasteiger partial charge in [-0.3, -0.25) is 4.79 Å². The third-order valence-electron chi connectivity index (χ3n) is 3.53. The molecule has 0 saturated carbocycles. The Morgan fingerprint density at radius 2 is 1.93 bits per heavy atom. The summed E-state index contributed by atoms with van der Waals surface area (Å²) < 4.78 is 9.90. The van der Waals surface area contributed by atoms with E-state index in [1.54, 1.807) is 25.1 Å². The lowest BCUT2D eigenvalue weighted by atomic mass is 10.1. The zero-order valence-corrected chi connectivity index (χ0v) is 14.9. The molecule has 7 nitrogen and oxygen atoms in total. The Morgan fingerprint density at radius 3 is 2.52 bits per heavy atom. The molecule has 0 heterocycles. The van der Waals surface area contributed by atoms with E-state index in [0.717, 1.165) is 0 Å². The third-order valence-corrected chi connectivity index (χ3v) is 3.53. The number of nitrogens with zero attached hydrogens (tertiary/aromatic N) is 1. The molecule has 2 aromatic rings. The van der Waals surface area contributed by atoms with Crippen molar-refractivity contribution in [2.45, 2.75) is 6.92 Å². The quantitative estimate of drug-likeness (QED) is 0.462. The summed E-state index contributed by atoms with van der Waals surface area (Å²) in [7, 11) is 1.40. The van der Waals surface area contributed by atoms with E-state index in [0.29, 0.717) is 16.8 Å². The number of benzene rings is 2. The number of nitrogens with one attached hydrogen (secondary N) is 1. The van der Waals surface area contributed by atoms with Gasteiger partial charge in [-0.25, -0.2) is 4.79 Å². The first-order valence-electron chi connectivity index (χ1n) is 8.05. The molecular formula is C20H18N2O5. The number of amides is 1. The molecule has 0 aromatic heterocycles. The van der Waals surface area contributed by atoms with Gasteiger partial charge in [-0.2, -0.15) is 5.26 Å². The Kier molecular flexibility index (Phi) is 6.55. The largest absolute Gasteiger partial charge is 0.504 e. The molecule has 0 aliphatic rings. The molecule has 2 aromatic carbocycles. The van der Waals surface area contributed by atoms with Crippen LogP contribution < -0.4 is 10.1 Å². The molecule has 2 N–H and O–H groups in total. The number of methoxy groups -OCH3 is 1. The molecule has 2 rings (SSSR count). The van der Waals surface area contributed by atoms with Gasteiger partial charge in [-0.15, -0.1) is 0 Å². The fourth-order valence-corrected chi connectivity index (χ4v) is 2.20. The van der Waals surface area contributed by atoms with Crippen LogP contribution in [0, 0.1) is 11.3 Å². The second-order valence-corrected chi connectivity index (χ2v) is 5.35. The highest BCUT2D eigenvalue weighted by Gasteiger charge is 2.12. The van der Waals surface area contributed by atoms with Crippen molar-refractivity contribution in [1.29, 1.82) is 5.26 Å². The highest BCUT2D eigenvalue weighted by Crippen LogP contribution is 2.27. The van der Waals surface area contributed by atoms with Gasteiger partial charge in [0, 0.05) is 5.69 Å². The van der Waals surface area contributed by atoms with Gasteiger partial charge in [-0.05, 0) is 55.0 Å². The second kappa shape index (κ2) is 9.06. The lowest BCUT2D eigenvalue weighted by molar-refractivity contribution is -0.112. The maximum atomic E-state index is 12.3. The summed E-state index contributed by atoms with van der Waals surface area (Å²) in [6.45, 7) is 1.99. The van der Waals surface area contributed by atoms with E-state index in [1.165, 1.54) is 37.5 Å². The van der Waals surface area contributed by atoms with E-state index < -0.39 is 11.9 Å². The molecule has 27 heavy (non-hydrogen) atoms. The first-order chi connectivity index (χ1) is 13.0. The molecule has 0 fully saturated rings. The SMILES string of the molecule is CCOC(=O)c1ccc(NC(=O)/C(C#N)=C\c2ccc(O)c(OC)c2)cc1. The van der Waals surface area contributed by atoms with Crippen LogP contribution >= 0.6 is 0 Å². The molecule has 0 aliphatic heterocycles. The molecule has 0 radical (unpaired) electrons. The molecule has 138 valence electrons. The fraction of sp³-hybridized carbons (Fsp3) is 0.150. The lowest BCUT2D eigenvalue weighted by Crippen LogP contribution is -2.13. The van der Waals surface area contributed by atoms with Crippen molar-refractivity contribution in [3.8, 4) is 17.6 Å². The number of phenols is 1. The maximum absolute atomic E-state index is 12.3. The predicted molar refractivity (Wildman–Crippen MR) is 99.3 cm³/mol. The van der Waals surface area contributed by atoms with Gasteiger partial charge < -0.3 is 19.9 Å². The van der Waals surface area contributed by atoms with Crippen LogP contribution in [0.2, 0.25) is 0 Å². The molecule has 0 atom stereocenters. The van der Waals surface area contributed by atoms with Crippen LogP contribution in [0.3, 0.4) is 0 Å². The number of rotatable bonds is 6. The van der Waals surface area contributed by atoms with Crippen LogP contribution in [0.25, 0.3) is 6.08 Å². The van der Waals surface area contributed by atoms with E-state index in [4.69, 9.17) is 9.47 Å². The third kappa shape index (κ3) is 5.09. The van der Waals surface area contributed by atoms with Crippen molar-refractivity contribution in [1.82, 2.24) is 0 Å². The predicted octanol–water partition coefficient (Wildman–Crippen LogP) is 3.12. The van der Waals surface area contributed by atoms with E-state index in [1.807, 2.05) is 6.07 Å². The molecule has 0 unspecified atom stereocenters. The molecule has 0 bridgehead atoms. The Labute approximate surface area is 156 Å². The minimum atomic E-state index is -0.603. The van der Waals surface area contributed by atoms with Crippen LogP contribution in [-0.2, 0) is 9.53 Å². The van der Waals surface area contributed by atoms with Gasteiger partial charge >= 0.3 is 5.97 Å². The van der Waals surface area contributed by atoms with E-state index in [-0.39, 0.29) is 23.7 Å². The number of phenolic OH excluding ortho intramolecular Hbond substituents is 1.